The molecule has 1 aromatic rings. The third-order valence-corrected chi connectivity index (χ3v) is 1.80. The number of halogens is 5. The van der Waals surface area contributed by atoms with Crippen molar-refractivity contribution in [2.75, 3.05) is 0 Å². The lowest BCUT2D eigenvalue weighted by atomic mass is 10.1. The summed E-state index contributed by atoms with van der Waals surface area (Å²) in [6, 6.07) is 2.69. The molecule has 0 unspecified atom stereocenters. The van der Waals surface area contributed by atoms with E-state index in [4.69, 9.17) is 11.6 Å². The molecule has 0 heterocycles. The molecule has 0 bridgehead atoms. The van der Waals surface area contributed by atoms with Crippen LogP contribution in [0, 0.1) is 5.82 Å². The zero-order chi connectivity index (χ0) is 10.1. The van der Waals surface area contributed by atoms with Crippen LogP contribution in [-0.2, 0) is 12.1 Å². The highest BCUT2D eigenvalue weighted by Crippen LogP contribution is 2.32. The van der Waals surface area contributed by atoms with E-state index in [9.17, 15) is 17.6 Å². The van der Waals surface area contributed by atoms with Crippen molar-refractivity contribution in [3.63, 3.8) is 0 Å². The maximum absolute atomic E-state index is 12.6. The molecular formula is C8H5ClF4. The normalized spacial score (nSPS) is 11.8. The first-order valence-electron chi connectivity index (χ1n) is 3.36. The Labute approximate surface area is 77.1 Å². The van der Waals surface area contributed by atoms with Crippen molar-refractivity contribution in [3.8, 4) is 0 Å². The number of hydrogen-bond donors (Lipinski definition) is 0. The van der Waals surface area contributed by atoms with E-state index in [1.807, 2.05) is 0 Å². The van der Waals surface area contributed by atoms with Crippen LogP contribution in [0.4, 0.5) is 17.6 Å². The van der Waals surface area contributed by atoms with Crippen LogP contribution in [0.2, 0.25) is 0 Å². The van der Waals surface area contributed by atoms with Crippen molar-refractivity contribution < 1.29 is 17.6 Å². The van der Waals surface area contributed by atoms with Crippen LogP contribution in [-0.4, -0.2) is 0 Å². The molecule has 0 radical (unpaired) electrons. The number of benzene rings is 1. The summed E-state index contributed by atoms with van der Waals surface area (Å²) in [7, 11) is 0. The average Bonchev–Trinajstić information content (AvgIpc) is 2.03. The van der Waals surface area contributed by atoms with E-state index in [1.54, 1.807) is 0 Å². The molecule has 0 aromatic heterocycles. The van der Waals surface area contributed by atoms with Gasteiger partial charge in [-0.2, -0.15) is 13.2 Å². The Morgan fingerprint density at radius 1 is 1.23 bits per heavy atom. The first-order chi connectivity index (χ1) is 5.95. The molecule has 0 amide bonds. The van der Waals surface area contributed by atoms with Gasteiger partial charge in [-0.1, -0.05) is 6.07 Å². The molecule has 0 aliphatic carbocycles. The SMILES string of the molecule is Fc1ccc(CCl)cc1C(F)(F)F. The van der Waals surface area contributed by atoms with Crippen LogP contribution in [0.15, 0.2) is 18.2 Å². The largest absolute Gasteiger partial charge is 0.419 e. The van der Waals surface area contributed by atoms with Gasteiger partial charge < -0.3 is 0 Å². The Morgan fingerprint density at radius 3 is 2.31 bits per heavy atom. The monoisotopic (exact) mass is 212 g/mol. The summed E-state index contributed by atoms with van der Waals surface area (Å²) in [5.74, 6) is -1.34. The van der Waals surface area contributed by atoms with Crippen molar-refractivity contribution in [2.24, 2.45) is 0 Å². The van der Waals surface area contributed by atoms with E-state index in [0.29, 0.717) is 6.07 Å². The highest BCUT2D eigenvalue weighted by molar-refractivity contribution is 6.17. The van der Waals surface area contributed by atoms with Crippen LogP contribution in [0.3, 0.4) is 0 Å². The molecule has 0 aliphatic heterocycles. The van der Waals surface area contributed by atoms with Crippen LogP contribution in [0.5, 0.6) is 0 Å². The fraction of sp³-hybridized carbons (Fsp3) is 0.250. The summed E-state index contributed by atoms with van der Waals surface area (Å²) in [6.45, 7) is 0. The second-order valence-corrected chi connectivity index (χ2v) is 2.71. The third-order valence-electron chi connectivity index (χ3n) is 1.49. The van der Waals surface area contributed by atoms with Crippen LogP contribution >= 0.6 is 11.6 Å². The highest BCUT2D eigenvalue weighted by Gasteiger charge is 2.33. The van der Waals surface area contributed by atoms with Gasteiger partial charge in [0, 0.05) is 5.88 Å². The quantitative estimate of drug-likeness (QED) is 0.493. The number of hydrogen-bond acceptors (Lipinski definition) is 0. The molecule has 0 saturated carbocycles. The van der Waals surface area contributed by atoms with Crippen LogP contribution in [0.25, 0.3) is 0 Å². The van der Waals surface area contributed by atoms with Gasteiger partial charge in [0.2, 0.25) is 0 Å². The molecule has 0 nitrogen and oxygen atoms in total. The minimum absolute atomic E-state index is 0.0661. The molecular weight excluding hydrogens is 208 g/mol. The molecule has 0 saturated heterocycles. The predicted octanol–water partition coefficient (Wildman–Crippen LogP) is 3.58. The average molecular weight is 213 g/mol. The lowest BCUT2D eigenvalue weighted by Crippen LogP contribution is -2.08. The Kier molecular flexibility index (Phi) is 2.81. The predicted molar refractivity (Wildman–Crippen MR) is 41.0 cm³/mol. The standard InChI is InChI=1S/C8H5ClF4/c9-4-5-1-2-7(10)6(3-5)8(11,12)13/h1-3H,4H2. The van der Waals surface area contributed by atoms with Crippen molar-refractivity contribution in [2.45, 2.75) is 12.1 Å². The number of rotatable bonds is 1. The first kappa shape index (κ1) is 10.3. The van der Waals surface area contributed by atoms with Crippen molar-refractivity contribution in [1.82, 2.24) is 0 Å². The maximum Gasteiger partial charge on any atom is 0.419 e. The second kappa shape index (κ2) is 3.54. The fourth-order valence-electron chi connectivity index (χ4n) is 0.873. The first-order valence-corrected chi connectivity index (χ1v) is 3.90. The van der Waals surface area contributed by atoms with Gasteiger partial charge in [-0.05, 0) is 17.7 Å². The number of alkyl halides is 4. The minimum atomic E-state index is -4.66. The summed E-state index contributed by atoms with van der Waals surface area (Å²) < 4.78 is 48.9. The van der Waals surface area contributed by atoms with Crippen molar-refractivity contribution in [1.29, 1.82) is 0 Å². The van der Waals surface area contributed by atoms with Gasteiger partial charge in [0.1, 0.15) is 5.82 Å². The van der Waals surface area contributed by atoms with E-state index in [1.165, 1.54) is 6.07 Å². The van der Waals surface area contributed by atoms with E-state index in [0.717, 1.165) is 6.07 Å². The Balaban J connectivity index is 3.19. The van der Waals surface area contributed by atoms with Gasteiger partial charge in [-0.3, -0.25) is 0 Å². The summed E-state index contributed by atoms with van der Waals surface area (Å²) in [5.41, 5.74) is -1.03. The molecule has 0 spiro atoms. The van der Waals surface area contributed by atoms with E-state index >= 15 is 0 Å². The molecule has 1 rings (SSSR count). The lowest BCUT2D eigenvalue weighted by molar-refractivity contribution is -0.140. The van der Waals surface area contributed by atoms with Gasteiger partial charge in [-0.15, -0.1) is 11.6 Å². The van der Waals surface area contributed by atoms with Gasteiger partial charge in [0.15, 0.2) is 0 Å². The molecule has 1 aromatic carbocycles. The molecule has 0 atom stereocenters. The minimum Gasteiger partial charge on any atom is -0.206 e. The fourth-order valence-corrected chi connectivity index (χ4v) is 1.04. The summed E-state index contributed by atoms with van der Waals surface area (Å²) in [4.78, 5) is 0. The molecule has 13 heavy (non-hydrogen) atoms. The summed E-state index contributed by atoms with van der Waals surface area (Å²) in [6.07, 6.45) is -4.66. The Morgan fingerprint density at radius 2 is 1.85 bits per heavy atom. The zero-order valence-electron chi connectivity index (χ0n) is 6.33. The van der Waals surface area contributed by atoms with Gasteiger partial charge in [0.05, 0.1) is 5.56 Å². The second-order valence-electron chi connectivity index (χ2n) is 2.45. The zero-order valence-corrected chi connectivity index (χ0v) is 7.08. The molecule has 0 aliphatic rings. The van der Waals surface area contributed by atoms with E-state index < -0.39 is 17.6 Å². The van der Waals surface area contributed by atoms with E-state index in [-0.39, 0.29) is 11.4 Å². The van der Waals surface area contributed by atoms with Crippen molar-refractivity contribution in [3.05, 3.63) is 35.1 Å². The third kappa shape index (κ3) is 2.34. The highest BCUT2D eigenvalue weighted by atomic mass is 35.5. The maximum atomic E-state index is 12.6. The molecule has 0 fully saturated rings. The van der Waals surface area contributed by atoms with Crippen LogP contribution in [0.1, 0.15) is 11.1 Å². The summed E-state index contributed by atoms with van der Waals surface area (Å²) >= 11 is 5.31. The van der Waals surface area contributed by atoms with E-state index in [2.05, 4.69) is 0 Å². The Bertz CT molecular complexity index is 306. The van der Waals surface area contributed by atoms with Gasteiger partial charge in [-0.25, -0.2) is 4.39 Å². The van der Waals surface area contributed by atoms with Crippen LogP contribution < -0.4 is 0 Å². The lowest BCUT2D eigenvalue weighted by Gasteiger charge is -2.08. The smallest absolute Gasteiger partial charge is 0.206 e. The van der Waals surface area contributed by atoms with Crippen molar-refractivity contribution >= 4 is 11.6 Å². The summed E-state index contributed by atoms with van der Waals surface area (Å²) in [5, 5.41) is 0. The van der Waals surface area contributed by atoms with Gasteiger partial charge >= 0.3 is 6.18 Å². The Hall–Kier alpha value is -0.770. The molecule has 0 N–H and O–H groups in total. The topological polar surface area (TPSA) is 0 Å². The molecule has 72 valence electrons. The molecule has 5 heteroatoms. The van der Waals surface area contributed by atoms with Gasteiger partial charge in [0.25, 0.3) is 0 Å².